The predicted molar refractivity (Wildman–Crippen MR) is 117 cm³/mol. The van der Waals surface area contributed by atoms with E-state index in [4.69, 9.17) is 9.72 Å². The molecule has 2 aliphatic rings. The number of hydrogen-bond acceptors (Lipinski definition) is 5. The molecule has 3 heterocycles. The number of amides is 1. The molecular weight excluding hydrogens is 376 g/mol. The largest absolute Gasteiger partial charge is 0.368 e. The van der Waals surface area contributed by atoms with Crippen LogP contribution in [0.2, 0.25) is 0 Å². The van der Waals surface area contributed by atoms with Crippen molar-refractivity contribution in [1.29, 1.82) is 0 Å². The summed E-state index contributed by atoms with van der Waals surface area (Å²) in [5.41, 5.74) is 2.79. The van der Waals surface area contributed by atoms with Gasteiger partial charge in [0.2, 0.25) is 5.91 Å². The van der Waals surface area contributed by atoms with Gasteiger partial charge in [0.15, 0.2) is 5.82 Å². The van der Waals surface area contributed by atoms with E-state index in [1.165, 1.54) is 5.56 Å². The summed E-state index contributed by atoms with van der Waals surface area (Å²) < 4.78 is 6.36. The zero-order chi connectivity index (χ0) is 21.1. The van der Waals surface area contributed by atoms with Gasteiger partial charge in [0, 0.05) is 24.8 Å². The average Bonchev–Trinajstić information content (AvgIpc) is 2.78. The number of benzene rings is 1. The van der Waals surface area contributed by atoms with Crippen molar-refractivity contribution in [3.63, 3.8) is 0 Å². The van der Waals surface area contributed by atoms with Crippen LogP contribution in [0.4, 0.5) is 0 Å². The number of fused-ring (bicyclic) bond motifs is 2. The minimum absolute atomic E-state index is 0.120. The van der Waals surface area contributed by atoms with Gasteiger partial charge in [0.1, 0.15) is 5.60 Å². The van der Waals surface area contributed by atoms with E-state index >= 15 is 0 Å². The van der Waals surface area contributed by atoms with Crippen LogP contribution in [-0.2, 0) is 21.6 Å². The second-order valence-electron chi connectivity index (χ2n) is 8.82. The lowest BCUT2D eigenvalue weighted by atomic mass is 9.83. The van der Waals surface area contributed by atoms with Crippen LogP contribution >= 0.6 is 0 Å². The van der Waals surface area contributed by atoms with E-state index in [0.717, 1.165) is 42.8 Å². The Hall–Kier alpha value is -2.31. The standard InChI is InChI=1S/C24H32N4O2/c1-17(2)15-20(25-3)23(29)28-12-10-24(11-13-28)21-19(9-14-30-24)16-26-22(27-21)18-7-5-4-6-8-18/h4-8,16-17,20,25H,9-15H2,1-3H3/t20-/m0/s1. The third kappa shape index (κ3) is 4.12. The predicted octanol–water partition coefficient (Wildman–Crippen LogP) is 3.17. The molecule has 1 fully saturated rings. The van der Waals surface area contributed by atoms with Crippen molar-refractivity contribution in [2.75, 3.05) is 26.7 Å². The first kappa shape index (κ1) is 20.9. The minimum Gasteiger partial charge on any atom is -0.368 e. The molecular formula is C24H32N4O2. The molecule has 0 saturated carbocycles. The fourth-order valence-corrected chi connectivity index (χ4v) is 4.64. The van der Waals surface area contributed by atoms with Crippen molar-refractivity contribution in [2.24, 2.45) is 5.92 Å². The maximum absolute atomic E-state index is 13.0. The fourth-order valence-electron chi connectivity index (χ4n) is 4.64. The number of nitrogens with one attached hydrogen (secondary N) is 1. The molecule has 0 radical (unpaired) electrons. The Morgan fingerprint density at radius 3 is 2.63 bits per heavy atom. The first-order chi connectivity index (χ1) is 14.5. The Bertz CT molecular complexity index is 876. The molecule has 30 heavy (non-hydrogen) atoms. The third-order valence-corrected chi connectivity index (χ3v) is 6.31. The lowest BCUT2D eigenvalue weighted by molar-refractivity contribution is -0.143. The number of nitrogens with zero attached hydrogens (tertiary/aromatic N) is 3. The van der Waals surface area contributed by atoms with Gasteiger partial charge >= 0.3 is 0 Å². The van der Waals surface area contributed by atoms with Crippen molar-refractivity contribution in [3.8, 4) is 11.4 Å². The smallest absolute Gasteiger partial charge is 0.239 e. The molecule has 0 aliphatic carbocycles. The topological polar surface area (TPSA) is 67.4 Å². The number of piperidine rings is 1. The van der Waals surface area contributed by atoms with Crippen molar-refractivity contribution in [1.82, 2.24) is 20.2 Å². The normalized spacial score (nSPS) is 19.0. The van der Waals surface area contributed by atoms with Crippen LogP contribution in [0.15, 0.2) is 36.5 Å². The van der Waals surface area contributed by atoms with E-state index in [0.29, 0.717) is 25.6 Å². The molecule has 6 nitrogen and oxygen atoms in total. The van der Waals surface area contributed by atoms with Gasteiger partial charge in [-0.2, -0.15) is 0 Å². The molecule has 0 unspecified atom stereocenters. The van der Waals surface area contributed by atoms with Crippen LogP contribution in [0.5, 0.6) is 0 Å². The lowest BCUT2D eigenvalue weighted by Gasteiger charge is -2.44. The molecule has 6 heteroatoms. The number of aromatic nitrogens is 2. The summed E-state index contributed by atoms with van der Waals surface area (Å²) in [5, 5.41) is 3.20. The minimum atomic E-state index is -0.413. The van der Waals surface area contributed by atoms with Crippen LogP contribution in [0, 0.1) is 5.92 Å². The number of rotatable bonds is 5. The number of ether oxygens (including phenoxy) is 1. The Morgan fingerprint density at radius 2 is 1.97 bits per heavy atom. The molecule has 1 N–H and O–H groups in total. The van der Waals surface area contributed by atoms with E-state index in [1.54, 1.807) is 0 Å². The molecule has 1 atom stereocenters. The Kier molecular flexibility index (Phi) is 6.16. The molecule has 1 spiro atoms. The van der Waals surface area contributed by atoms with Gasteiger partial charge in [-0.05, 0) is 44.2 Å². The molecule has 2 aromatic rings. The summed E-state index contributed by atoms with van der Waals surface area (Å²) in [6.45, 7) is 6.37. The van der Waals surface area contributed by atoms with Gasteiger partial charge < -0.3 is 15.0 Å². The van der Waals surface area contributed by atoms with Crippen LogP contribution in [-0.4, -0.2) is 53.6 Å². The highest BCUT2D eigenvalue weighted by Gasteiger charge is 2.44. The summed E-state index contributed by atoms with van der Waals surface area (Å²) in [7, 11) is 1.87. The molecule has 4 rings (SSSR count). The van der Waals surface area contributed by atoms with Crippen LogP contribution in [0.1, 0.15) is 44.4 Å². The second-order valence-corrected chi connectivity index (χ2v) is 8.82. The van der Waals surface area contributed by atoms with Crippen molar-refractivity contribution in [2.45, 2.75) is 51.2 Å². The summed E-state index contributed by atoms with van der Waals surface area (Å²) in [6, 6.07) is 9.95. The highest BCUT2D eigenvalue weighted by atomic mass is 16.5. The summed E-state index contributed by atoms with van der Waals surface area (Å²) >= 11 is 0. The number of hydrogen-bond donors (Lipinski definition) is 1. The molecule has 2 aliphatic heterocycles. The highest BCUT2D eigenvalue weighted by molar-refractivity contribution is 5.82. The van der Waals surface area contributed by atoms with Crippen LogP contribution < -0.4 is 5.32 Å². The molecule has 1 aromatic carbocycles. The molecule has 1 saturated heterocycles. The summed E-state index contributed by atoms with van der Waals surface area (Å²) in [5.74, 6) is 1.42. The van der Waals surface area contributed by atoms with E-state index in [2.05, 4.69) is 24.1 Å². The van der Waals surface area contributed by atoms with Crippen molar-refractivity contribution >= 4 is 5.91 Å². The highest BCUT2D eigenvalue weighted by Crippen LogP contribution is 2.41. The Balaban J connectivity index is 1.54. The quantitative estimate of drug-likeness (QED) is 0.823. The SMILES string of the molecule is CN[C@@H](CC(C)C)C(=O)N1CCC2(CC1)OCCc1cnc(-c3ccccc3)nc12. The van der Waals surface area contributed by atoms with E-state index < -0.39 is 5.60 Å². The van der Waals surface area contributed by atoms with Crippen molar-refractivity contribution in [3.05, 3.63) is 47.8 Å². The van der Waals surface area contributed by atoms with E-state index in [-0.39, 0.29) is 11.9 Å². The summed E-state index contributed by atoms with van der Waals surface area (Å²) in [4.78, 5) is 24.6. The second kappa shape index (κ2) is 8.82. The maximum atomic E-state index is 13.0. The zero-order valence-electron chi connectivity index (χ0n) is 18.2. The van der Waals surface area contributed by atoms with Crippen molar-refractivity contribution < 1.29 is 9.53 Å². The fraction of sp³-hybridized carbons (Fsp3) is 0.542. The monoisotopic (exact) mass is 408 g/mol. The molecule has 160 valence electrons. The van der Waals surface area contributed by atoms with E-state index in [1.807, 2.05) is 48.5 Å². The molecule has 1 amide bonds. The van der Waals surface area contributed by atoms with Gasteiger partial charge in [-0.25, -0.2) is 9.97 Å². The maximum Gasteiger partial charge on any atom is 0.239 e. The number of likely N-dealkylation sites (tertiary alicyclic amines) is 1. The third-order valence-electron chi connectivity index (χ3n) is 6.31. The van der Waals surface area contributed by atoms with E-state index in [9.17, 15) is 4.79 Å². The first-order valence-corrected chi connectivity index (χ1v) is 11.0. The Morgan fingerprint density at radius 1 is 1.23 bits per heavy atom. The molecule has 1 aromatic heterocycles. The average molecular weight is 409 g/mol. The summed E-state index contributed by atoms with van der Waals surface area (Å²) in [6.07, 6.45) is 5.20. The van der Waals surface area contributed by atoms with Gasteiger partial charge in [-0.1, -0.05) is 44.2 Å². The lowest BCUT2D eigenvalue weighted by Crippen LogP contribution is -2.53. The van der Waals surface area contributed by atoms with Crippen LogP contribution in [0.25, 0.3) is 11.4 Å². The van der Waals surface area contributed by atoms with Gasteiger partial charge in [-0.15, -0.1) is 0 Å². The number of carbonyl (C=O) groups excluding carboxylic acids is 1. The number of carbonyl (C=O) groups is 1. The zero-order valence-corrected chi connectivity index (χ0v) is 18.2. The first-order valence-electron chi connectivity index (χ1n) is 11.0. The van der Waals surface area contributed by atoms with Gasteiger partial charge in [-0.3, -0.25) is 4.79 Å². The Labute approximate surface area is 179 Å². The van der Waals surface area contributed by atoms with Gasteiger partial charge in [0.25, 0.3) is 0 Å². The number of likely N-dealkylation sites (N-methyl/N-ethyl adjacent to an activating group) is 1. The van der Waals surface area contributed by atoms with Crippen LogP contribution in [0.3, 0.4) is 0 Å². The molecule has 0 bridgehead atoms. The van der Waals surface area contributed by atoms with Gasteiger partial charge in [0.05, 0.1) is 18.3 Å².